The van der Waals surface area contributed by atoms with Gasteiger partial charge in [0.15, 0.2) is 0 Å². The summed E-state index contributed by atoms with van der Waals surface area (Å²) in [5.41, 5.74) is 7.30. The number of para-hydroxylation sites is 1. The minimum Gasteiger partial charge on any atom is -0.348 e. The third-order valence-corrected chi connectivity index (χ3v) is 7.51. The van der Waals surface area contributed by atoms with Crippen molar-refractivity contribution >= 4 is 34.3 Å². The van der Waals surface area contributed by atoms with Gasteiger partial charge in [0.25, 0.3) is 5.91 Å². The molecule has 9 nitrogen and oxygen atoms in total. The van der Waals surface area contributed by atoms with Crippen LogP contribution in [0.5, 0.6) is 0 Å². The normalized spacial score (nSPS) is 20.7. The summed E-state index contributed by atoms with van der Waals surface area (Å²) in [7, 11) is 0. The van der Waals surface area contributed by atoms with Crippen molar-refractivity contribution < 1.29 is 23.2 Å². The molecule has 198 valence electrons. The fraction of sp³-hybridized carbons (Fsp3) is 0.214. The number of carbonyl (C=O) groups is 3. The van der Waals surface area contributed by atoms with Crippen LogP contribution in [0.4, 0.5) is 14.5 Å². The fourth-order valence-electron chi connectivity index (χ4n) is 5.58. The molecular formula is C28H24F2N6O3. The number of amides is 3. The highest BCUT2D eigenvalue weighted by atomic mass is 19.1. The number of aromatic nitrogens is 2. The molecule has 11 heteroatoms. The van der Waals surface area contributed by atoms with E-state index in [0.717, 1.165) is 17.7 Å². The lowest BCUT2D eigenvalue weighted by Gasteiger charge is -2.28. The molecule has 3 amide bonds. The number of nitrogens with two attached hydrogens (primary N) is 1. The van der Waals surface area contributed by atoms with Crippen molar-refractivity contribution in [2.24, 2.45) is 5.73 Å². The van der Waals surface area contributed by atoms with Crippen molar-refractivity contribution in [3.63, 3.8) is 0 Å². The van der Waals surface area contributed by atoms with Crippen molar-refractivity contribution in [1.82, 2.24) is 20.2 Å². The highest BCUT2D eigenvalue weighted by molar-refractivity contribution is 6.07. The van der Waals surface area contributed by atoms with Crippen LogP contribution in [0.25, 0.3) is 10.9 Å². The number of carbonyl (C=O) groups excluding carboxylic acids is 3. The van der Waals surface area contributed by atoms with Crippen LogP contribution in [0.2, 0.25) is 0 Å². The Morgan fingerprint density at radius 1 is 1.15 bits per heavy atom. The summed E-state index contributed by atoms with van der Waals surface area (Å²) in [6.45, 7) is 0.0397. The number of aromatic amines is 1. The molecular weight excluding hydrogens is 506 g/mol. The van der Waals surface area contributed by atoms with Crippen LogP contribution in [0.1, 0.15) is 28.0 Å². The SMILES string of the molecule is N[C@@H]1C[C@@]2(CN1C(=O)[C@H](Cc1cccnc1)NC(=O)c1cc3c(F)ccc(F)c3[nH]1)C(=O)Nc1ccccc12. The van der Waals surface area contributed by atoms with Gasteiger partial charge in [0.2, 0.25) is 11.8 Å². The van der Waals surface area contributed by atoms with Crippen molar-refractivity contribution in [2.75, 3.05) is 11.9 Å². The van der Waals surface area contributed by atoms with E-state index < -0.39 is 41.1 Å². The Bertz CT molecular complexity index is 1590. The molecule has 1 saturated heterocycles. The van der Waals surface area contributed by atoms with Gasteiger partial charge in [0, 0.05) is 42.9 Å². The summed E-state index contributed by atoms with van der Waals surface area (Å²) in [6.07, 6.45) is 2.68. The maximum atomic E-state index is 14.2. The second kappa shape index (κ2) is 9.28. The van der Waals surface area contributed by atoms with E-state index >= 15 is 0 Å². The molecule has 5 N–H and O–H groups in total. The third kappa shape index (κ3) is 4.11. The number of halogens is 2. The first-order valence-corrected chi connectivity index (χ1v) is 12.4. The first-order chi connectivity index (χ1) is 18.8. The largest absolute Gasteiger partial charge is 0.348 e. The Labute approximate surface area is 221 Å². The highest BCUT2D eigenvalue weighted by Gasteiger charge is 2.55. The number of rotatable bonds is 5. The standard InChI is InChI=1S/C28H24F2N6O3/c29-18-7-8-19(30)24-16(18)11-21(33-24)25(37)34-22(10-15-4-3-9-32-13-15)26(38)36-14-28(12-23(36)31)17-5-1-2-6-20(17)35-27(28)39/h1-9,11,13,22-23,33H,10,12,14,31H2,(H,34,37)(H,35,39)/t22-,23-,28-/m0/s1. The Balaban J connectivity index is 1.30. The molecule has 1 spiro atoms. The van der Waals surface area contributed by atoms with Gasteiger partial charge < -0.3 is 26.3 Å². The van der Waals surface area contributed by atoms with Gasteiger partial charge in [-0.05, 0) is 41.5 Å². The van der Waals surface area contributed by atoms with E-state index in [2.05, 4.69) is 20.6 Å². The van der Waals surface area contributed by atoms with Gasteiger partial charge >= 0.3 is 0 Å². The number of nitrogens with one attached hydrogen (secondary N) is 3. The average molecular weight is 531 g/mol. The van der Waals surface area contributed by atoms with E-state index in [0.29, 0.717) is 11.3 Å². The van der Waals surface area contributed by atoms with Gasteiger partial charge in [-0.25, -0.2) is 8.78 Å². The van der Waals surface area contributed by atoms with E-state index in [9.17, 15) is 23.2 Å². The topological polar surface area (TPSA) is 133 Å². The molecule has 0 unspecified atom stereocenters. The number of likely N-dealkylation sites (tertiary alicyclic amines) is 1. The molecule has 6 rings (SSSR count). The summed E-state index contributed by atoms with van der Waals surface area (Å²) >= 11 is 0. The number of hydrogen-bond donors (Lipinski definition) is 4. The van der Waals surface area contributed by atoms with E-state index in [-0.39, 0.29) is 41.9 Å². The molecule has 3 atom stereocenters. The minimum absolute atomic E-state index is 0.0397. The minimum atomic E-state index is -1.09. The molecule has 39 heavy (non-hydrogen) atoms. The number of fused-ring (bicyclic) bond motifs is 3. The monoisotopic (exact) mass is 530 g/mol. The molecule has 1 fully saturated rings. The zero-order valence-electron chi connectivity index (χ0n) is 20.6. The maximum Gasteiger partial charge on any atom is 0.268 e. The van der Waals surface area contributed by atoms with Crippen LogP contribution in [-0.4, -0.2) is 51.3 Å². The third-order valence-electron chi connectivity index (χ3n) is 7.51. The number of benzene rings is 2. The van der Waals surface area contributed by atoms with Gasteiger partial charge in [-0.1, -0.05) is 24.3 Å². The number of pyridine rings is 1. The summed E-state index contributed by atoms with van der Waals surface area (Å²) in [4.78, 5) is 48.3. The maximum absolute atomic E-state index is 14.2. The lowest BCUT2D eigenvalue weighted by Crippen LogP contribution is -2.53. The number of H-pyrrole nitrogens is 1. The van der Waals surface area contributed by atoms with E-state index in [1.54, 1.807) is 30.6 Å². The summed E-state index contributed by atoms with van der Waals surface area (Å²) < 4.78 is 28.4. The van der Waals surface area contributed by atoms with Gasteiger partial charge in [0.05, 0.1) is 17.1 Å². The molecule has 0 radical (unpaired) electrons. The predicted molar refractivity (Wildman–Crippen MR) is 138 cm³/mol. The Morgan fingerprint density at radius 2 is 1.95 bits per heavy atom. The summed E-state index contributed by atoms with van der Waals surface area (Å²) in [5.74, 6) is -2.84. The second-order valence-electron chi connectivity index (χ2n) is 9.91. The smallest absolute Gasteiger partial charge is 0.268 e. The van der Waals surface area contributed by atoms with E-state index in [1.807, 2.05) is 18.2 Å². The van der Waals surface area contributed by atoms with Crippen LogP contribution < -0.4 is 16.4 Å². The zero-order chi connectivity index (χ0) is 27.3. The number of hydrogen-bond acceptors (Lipinski definition) is 5. The molecule has 2 aliphatic heterocycles. The molecule has 0 bridgehead atoms. The Morgan fingerprint density at radius 3 is 2.72 bits per heavy atom. The molecule has 4 aromatic rings. The Kier molecular flexibility index (Phi) is 5.87. The molecule has 2 aliphatic rings. The van der Waals surface area contributed by atoms with Crippen LogP contribution in [0.3, 0.4) is 0 Å². The van der Waals surface area contributed by atoms with Crippen molar-refractivity contribution in [3.8, 4) is 0 Å². The van der Waals surface area contributed by atoms with Crippen LogP contribution in [0.15, 0.2) is 67.0 Å². The lowest BCUT2D eigenvalue weighted by atomic mass is 9.80. The first-order valence-electron chi connectivity index (χ1n) is 12.4. The van der Waals surface area contributed by atoms with Crippen LogP contribution in [-0.2, 0) is 21.4 Å². The van der Waals surface area contributed by atoms with Crippen molar-refractivity contribution in [2.45, 2.75) is 30.5 Å². The van der Waals surface area contributed by atoms with Gasteiger partial charge in [-0.15, -0.1) is 0 Å². The van der Waals surface area contributed by atoms with Crippen molar-refractivity contribution in [3.05, 3.63) is 95.4 Å². The van der Waals surface area contributed by atoms with Gasteiger partial charge in [-0.3, -0.25) is 19.4 Å². The fourth-order valence-corrected chi connectivity index (χ4v) is 5.58. The van der Waals surface area contributed by atoms with Gasteiger partial charge in [0.1, 0.15) is 23.4 Å². The van der Waals surface area contributed by atoms with Crippen LogP contribution >= 0.6 is 0 Å². The molecule has 2 aromatic heterocycles. The van der Waals surface area contributed by atoms with E-state index in [1.165, 1.54) is 11.0 Å². The second-order valence-corrected chi connectivity index (χ2v) is 9.91. The number of nitrogens with zero attached hydrogens (tertiary/aromatic N) is 2. The molecule has 4 heterocycles. The van der Waals surface area contributed by atoms with E-state index in [4.69, 9.17) is 5.73 Å². The summed E-state index contributed by atoms with van der Waals surface area (Å²) in [6, 6.07) is 12.8. The molecule has 0 saturated carbocycles. The summed E-state index contributed by atoms with van der Waals surface area (Å²) in [5, 5.41) is 5.50. The molecule has 0 aliphatic carbocycles. The van der Waals surface area contributed by atoms with Crippen LogP contribution in [0, 0.1) is 11.6 Å². The Hall–Kier alpha value is -4.64. The quantitative estimate of drug-likeness (QED) is 0.315. The first kappa shape index (κ1) is 24.7. The lowest BCUT2D eigenvalue weighted by molar-refractivity contribution is -0.134. The average Bonchev–Trinajstić information content (AvgIpc) is 3.61. The molecule has 2 aromatic carbocycles. The highest BCUT2D eigenvalue weighted by Crippen LogP contribution is 2.45. The predicted octanol–water partition coefficient (Wildman–Crippen LogP) is 2.59. The number of anilines is 1. The van der Waals surface area contributed by atoms with Crippen molar-refractivity contribution in [1.29, 1.82) is 0 Å². The zero-order valence-corrected chi connectivity index (χ0v) is 20.6. The van der Waals surface area contributed by atoms with Gasteiger partial charge in [-0.2, -0.15) is 0 Å².